The van der Waals surface area contributed by atoms with E-state index in [-0.39, 0.29) is 0 Å². The molecule has 5 aromatic rings. The minimum Gasteiger partial charge on any atom is -0.457 e. The van der Waals surface area contributed by atoms with E-state index in [9.17, 15) is 0 Å². The van der Waals surface area contributed by atoms with Gasteiger partial charge in [-0.05, 0) is 42.8 Å². The van der Waals surface area contributed by atoms with Gasteiger partial charge in [0.25, 0.3) is 0 Å². The maximum atomic E-state index is 5.96. The van der Waals surface area contributed by atoms with Crippen molar-refractivity contribution in [1.29, 1.82) is 0 Å². The van der Waals surface area contributed by atoms with E-state index in [4.69, 9.17) is 8.83 Å². The van der Waals surface area contributed by atoms with Gasteiger partial charge < -0.3 is 8.83 Å². The van der Waals surface area contributed by atoms with Crippen LogP contribution in [-0.4, -0.2) is 4.98 Å². The van der Waals surface area contributed by atoms with Crippen LogP contribution >= 0.6 is 0 Å². The predicted molar refractivity (Wildman–Crippen MR) is 125 cm³/mol. The zero-order valence-electron chi connectivity index (χ0n) is 17.2. The normalized spacial score (nSPS) is 11.3. The number of furan rings is 1. The van der Waals surface area contributed by atoms with Crippen LogP contribution in [0.25, 0.3) is 46.3 Å². The number of hydrogen-bond acceptors (Lipinski definition) is 3. The quantitative estimate of drug-likeness (QED) is 0.301. The molecule has 3 heteroatoms. The first kappa shape index (κ1) is 18.9. The van der Waals surface area contributed by atoms with Crippen LogP contribution in [0.4, 0.5) is 0 Å². The molecule has 3 nitrogen and oxygen atoms in total. The highest BCUT2D eigenvalue weighted by Crippen LogP contribution is 2.27. The van der Waals surface area contributed by atoms with E-state index in [1.165, 1.54) is 5.56 Å². The molecular formula is C28H21NO2. The van der Waals surface area contributed by atoms with E-state index in [0.29, 0.717) is 5.89 Å². The van der Waals surface area contributed by atoms with E-state index in [1.807, 2.05) is 78.9 Å². The Morgan fingerprint density at radius 3 is 2.10 bits per heavy atom. The molecule has 0 aliphatic rings. The lowest BCUT2D eigenvalue weighted by atomic mass is 10.1. The smallest absolute Gasteiger partial charge is 0.226 e. The van der Waals surface area contributed by atoms with Crippen molar-refractivity contribution in [2.75, 3.05) is 0 Å². The Hall–Kier alpha value is -4.11. The summed E-state index contributed by atoms with van der Waals surface area (Å²) >= 11 is 0. The standard InChI is InChI=1S/C28H21NO2/c1-20-7-12-23(13-8-20)26-18-17-25(30-26)16-11-21-9-14-24(15-10-21)28-29-19-27(31-28)22-5-3-2-4-6-22/h2-19H,1H3/b16-11+. The second-order valence-electron chi connectivity index (χ2n) is 7.42. The van der Waals surface area contributed by atoms with Crippen molar-refractivity contribution in [3.8, 4) is 34.1 Å². The highest BCUT2D eigenvalue weighted by Gasteiger charge is 2.08. The Bertz CT molecular complexity index is 1310. The van der Waals surface area contributed by atoms with Crippen LogP contribution in [0.15, 0.2) is 106 Å². The number of aromatic nitrogens is 1. The zero-order chi connectivity index (χ0) is 21.0. The summed E-state index contributed by atoms with van der Waals surface area (Å²) in [6.45, 7) is 2.08. The molecule has 0 atom stereocenters. The molecule has 0 aliphatic heterocycles. The molecule has 0 spiro atoms. The fourth-order valence-electron chi connectivity index (χ4n) is 3.37. The van der Waals surface area contributed by atoms with Gasteiger partial charge in [0.15, 0.2) is 5.76 Å². The second kappa shape index (κ2) is 8.33. The van der Waals surface area contributed by atoms with E-state index in [1.54, 1.807) is 6.20 Å². The number of hydrogen-bond donors (Lipinski definition) is 0. The van der Waals surface area contributed by atoms with Gasteiger partial charge in [0.2, 0.25) is 5.89 Å². The third kappa shape index (κ3) is 4.26. The lowest BCUT2D eigenvalue weighted by Crippen LogP contribution is -1.78. The average molecular weight is 403 g/mol. The number of aryl methyl sites for hydroxylation is 1. The van der Waals surface area contributed by atoms with Crippen molar-refractivity contribution < 1.29 is 8.83 Å². The predicted octanol–water partition coefficient (Wildman–Crippen LogP) is 7.75. The number of benzene rings is 3. The van der Waals surface area contributed by atoms with Gasteiger partial charge >= 0.3 is 0 Å². The zero-order valence-corrected chi connectivity index (χ0v) is 17.2. The van der Waals surface area contributed by atoms with Crippen LogP contribution in [0.3, 0.4) is 0 Å². The molecule has 0 unspecified atom stereocenters. The molecule has 0 bridgehead atoms. The van der Waals surface area contributed by atoms with Crippen LogP contribution in [0.2, 0.25) is 0 Å². The van der Waals surface area contributed by atoms with Crippen LogP contribution < -0.4 is 0 Å². The second-order valence-corrected chi connectivity index (χ2v) is 7.42. The van der Waals surface area contributed by atoms with Gasteiger partial charge in [-0.2, -0.15) is 0 Å². The van der Waals surface area contributed by atoms with E-state index in [2.05, 4.69) is 36.2 Å². The maximum Gasteiger partial charge on any atom is 0.226 e. The van der Waals surface area contributed by atoms with Crippen molar-refractivity contribution in [2.24, 2.45) is 0 Å². The highest BCUT2D eigenvalue weighted by atomic mass is 16.4. The first-order chi connectivity index (χ1) is 15.2. The van der Waals surface area contributed by atoms with Gasteiger partial charge in [0.05, 0.1) is 6.20 Å². The first-order valence-electron chi connectivity index (χ1n) is 10.2. The van der Waals surface area contributed by atoms with Gasteiger partial charge in [-0.25, -0.2) is 4.98 Å². The third-order valence-electron chi connectivity index (χ3n) is 5.12. The molecule has 0 saturated carbocycles. The Morgan fingerprint density at radius 2 is 1.32 bits per heavy atom. The van der Waals surface area contributed by atoms with Crippen molar-refractivity contribution in [1.82, 2.24) is 4.98 Å². The molecular weight excluding hydrogens is 382 g/mol. The molecule has 150 valence electrons. The lowest BCUT2D eigenvalue weighted by molar-refractivity contribution is 0.572. The summed E-state index contributed by atoms with van der Waals surface area (Å²) in [7, 11) is 0. The third-order valence-corrected chi connectivity index (χ3v) is 5.12. The Labute approximate surface area is 181 Å². The minimum atomic E-state index is 0.614. The topological polar surface area (TPSA) is 39.2 Å². The molecule has 0 amide bonds. The van der Waals surface area contributed by atoms with Crippen LogP contribution in [0, 0.1) is 6.92 Å². The molecule has 3 aromatic carbocycles. The Balaban J connectivity index is 1.29. The largest absolute Gasteiger partial charge is 0.457 e. The van der Waals surface area contributed by atoms with E-state index < -0.39 is 0 Å². The number of oxazole rings is 1. The average Bonchev–Trinajstić information content (AvgIpc) is 3.50. The highest BCUT2D eigenvalue weighted by molar-refractivity contribution is 5.71. The lowest BCUT2D eigenvalue weighted by Gasteiger charge is -1.98. The molecule has 0 fully saturated rings. The first-order valence-corrected chi connectivity index (χ1v) is 10.2. The van der Waals surface area contributed by atoms with Crippen LogP contribution in [-0.2, 0) is 0 Å². The van der Waals surface area contributed by atoms with Crippen molar-refractivity contribution in [3.05, 3.63) is 114 Å². The van der Waals surface area contributed by atoms with Gasteiger partial charge in [-0.15, -0.1) is 0 Å². The summed E-state index contributed by atoms with van der Waals surface area (Å²) in [5, 5.41) is 0. The summed E-state index contributed by atoms with van der Waals surface area (Å²) in [6.07, 6.45) is 5.78. The molecule has 0 N–H and O–H groups in total. The molecule has 31 heavy (non-hydrogen) atoms. The molecule has 2 aromatic heterocycles. The monoisotopic (exact) mass is 403 g/mol. The fourth-order valence-corrected chi connectivity index (χ4v) is 3.37. The minimum absolute atomic E-state index is 0.614. The molecule has 0 aliphatic carbocycles. The van der Waals surface area contributed by atoms with Gasteiger partial charge in [0, 0.05) is 16.7 Å². The van der Waals surface area contributed by atoms with Gasteiger partial charge in [-0.3, -0.25) is 0 Å². The molecule has 2 heterocycles. The van der Waals surface area contributed by atoms with Gasteiger partial charge in [-0.1, -0.05) is 78.4 Å². The number of nitrogens with zero attached hydrogens (tertiary/aromatic N) is 1. The van der Waals surface area contributed by atoms with Crippen LogP contribution in [0.5, 0.6) is 0 Å². The SMILES string of the molecule is Cc1ccc(-c2ccc(/C=C/c3ccc(-c4ncc(-c5ccccc5)o4)cc3)o2)cc1. The molecule has 5 rings (SSSR count). The number of rotatable bonds is 5. The summed E-state index contributed by atoms with van der Waals surface area (Å²) < 4.78 is 11.9. The Morgan fingerprint density at radius 1 is 0.613 bits per heavy atom. The van der Waals surface area contributed by atoms with E-state index >= 15 is 0 Å². The summed E-state index contributed by atoms with van der Waals surface area (Å²) in [4.78, 5) is 4.42. The maximum absolute atomic E-state index is 5.96. The summed E-state index contributed by atoms with van der Waals surface area (Å²) in [6, 6.07) is 30.4. The summed E-state index contributed by atoms with van der Waals surface area (Å²) in [5.41, 5.74) is 5.35. The molecule has 0 saturated heterocycles. The van der Waals surface area contributed by atoms with Crippen LogP contribution in [0.1, 0.15) is 16.9 Å². The van der Waals surface area contributed by atoms with Crippen molar-refractivity contribution in [2.45, 2.75) is 6.92 Å². The summed E-state index contributed by atoms with van der Waals surface area (Å²) in [5.74, 6) is 3.07. The Kier molecular flexibility index (Phi) is 5.07. The van der Waals surface area contributed by atoms with E-state index in [0.717, 1.165) is 39.5 Å². The van der Waals surface area contributed by atoms with Crippen molar-refractivity contribution in [3.63, 3.8) is 0 Å². The molecule has 0 radical (unpaired) electrons. The van der Waals surface area contributed by atoms with Crippen molar-refractivity contribution >= 4 is 12.2 Å². The van der Waals surface area contributed by atoms with Gasteiger partial charge in [0.1, 0.15) is 11.5 Å². The fraction of sp³-hybridized carbons (Fsp3) is 0.0357.